The van der Waals surface area contributed by atoms with Crippen LogP contribution in [-0.4, -0.2) is 106 Å². The molecule has 0 aliphatic carbocycles. The van der Waals surface area contributed by atoms with Crippen LogP contribution in [0.4, 0.5) is 4.39 Å². The molecule has 6 rings (SSSR count). The van der Waals surface area contributed by atoms with E-state index in [1.165, 1.54) is 26.4 Å². The number of halogens is 1. The quantitative estimate of drug-likeness (QED) is 0.274. The molecule has 0 unspecified atom stereocenters. The number of hydrogen-bond acceptors (Lipinski definition) is 10. The van der Waals surface area contributed by atoms with Crippen LogP contribution in [0.5, 0.6) is 0 Å². The van der Waals surface area contributed by atoms with Crippen LogP contribution in [0.25, 0.3) is 0 Å². The molecule has 12 nitrogen and oxygen atoms in total. The Morgan fingerprint density at radius 1 is 0.667 bits per heavy atom. The SMILES string of the molecule is COC(=O)[C@@H]1CCC[C@@H]2SCC[C@H](NC(=O)[C@H](CC[C@H](Cc3ccc(F)cc3)C(=O)N[C@H]3CCS[C@H]4CCC[C@@H](C(=O)OC)N4C3=O)Cc3ccccc3)C(=O)N21. The smallest absolute Gasteiger partial charge is 0.328 e. The number of ether oxygens (including phenoxy) is 2. The number of nitrogens with one attached hydrogen (secondary N) is 2. The van der Waals surface area contributed by atoms with E-state index in [1.54, 1.807) is 45.5 Å². The van der Waals surface area contributed by atoms with E-state index < -0.39 is 53.8 Å². The lowest BCUT2D eigenvalue weighted by Crippen LogP contribution is -2.58. The largest absolute Gasteiger partial charge is 0.467 e. The Morgan fingerprint density at radius 2 is 1.11 bits per heavy atom. The van der Waals surface area contributed by atoms with Crippen molar-refractivity contribution in [1.82, 2.24) is 20.4 Å². The fourth-order valence-corrected chi connectivity index (χ4v) is 11.3. The second-order valence-corrected chi connectivity index (χ2v) is 17.8. The van der Waals surface area contributed by atoms with Gasteiger partial charge in [-0.2, -0.15) is 0 Å². The zero-order chi connectivity index (χ0) is 40.5. The normalized spacial score (nSPS) is 26.1. The lowest BCUT2D eigenvalue weighted by atomic mass is 9.86. The Labute approximate surface area is 342 Å². The molecule has 57 heavy (non-hydrogen) atoms. The third kappa shape index (κ3) is 10.5. The monoisotopic (exact) mass is 824 g/mol. The highest BCUT2D eigenvalue weighted by Crippen LogP contribution is 2.36. The number of carbonyl (C=O) groups is 6. The maximum absolute atomic E-state index is 14.3. The van der Waals surface area contributed by atoms with Gasteiger partial charge in [0.25, 0.3) is 0 Å². The zero-order valence-electron chi connectivity index (χ0n) is 32.6. The second-order valence-electron chi connectivity index (χ2n) is 15.3. The summed E-state index contributed by atoms with van der Waals surface area (Å²) in [6.07, 6.45) is 6.01. The number of fused-ring (bicyclic) bond motifs is 2. The van der Waals surface area contributed by atoms with Gasteiger partial charge in [-0.3, -0.25) is 19.2 Å². The third-order valence-electron chi connectivity index (χ3n) is 11.6. The van der Waals surface area contributed by atoms with E-state index in [0.717, 1.165) is 36.8 Å². The number of carbonyl (C=O) groups excluding carboxylic acids is 6. The average molecular weight is 825 g/mol. The third-order valence-corrected chi connectivity index (χ3v) is 14.2. The van der Waals surface area contributed by atoms with Crippen molar-refractivity contribution in [2.75, 3.05) is 25.7 Å². The van der Waals surface area contributed by atoms with Gasteiger partial charge >= 0.3 is 11.9 Å². The van der Waals surface area contributed by atoms with Crippen LogP contribution in [0, 0.1) is 17.7 Å². The summed E-state index contributed by atoms with van der Waals surface area (Å²) in [5.41, 5.74) is 1.64. The molecule has 4 amide bonds. The molecule has 2 N–H and O–H groups in total. The van der Waals surface area contributed by atoms with E-state index in [9.17, 15) is 33.2 Å². The first kappa shape index (κ1) is 42.5. The molecule has 0 spiro atoms. The molecule has 8 atom stereocenters. The molecule has 4 aliphatic heterocycles. The molecule has 2 aromatic carbocycles. The first-order valence-corrected chi connectivity index (χ1v) is 22.1. The minimum absolute atomic E-state index is 0.172. The number of piperidine rings is 2. The highest BCUT2D eigenvalue weighted by atomic mass is 32.2. The van der Waals surface area contributed by atoms with Gasteiger partial charge in [-0.15, -0.1) is 23.5 Å². The Bertz CT molecular complexity index is 1750. The summed E-state index contributed by atoms with van der Waals surface area (Å²) in [5, 5.41) is 5.70. The van der Waals surface area contributed by atoms with Crippen molar-refractivity contribution < 1.29 is 42.6 Å². The van der Waals surface area contributed by atoms with Crippen LogP contribution in [-0.2, 0) is 51.1 Å². The van der Waals surface area contributed by atoms with Gasteiger partial charge in [-0.1, -0.05) is 42.5 Å². The number of amides is 4. The van der Waals surface area contributed by atoms with Crippen molar-refractivity contribution in [3.63, 3.8) is 0 Å². The topological polar surface area (TPSA) is 151 Å². The van der Waals surface area contributed by atoms with Crippen molar-refractivity contribution in [2.24, 2.45) is 11.8 Å². The van der Waals surface area contributed by atoms with Crippen LogP contribution in [0.2, 0.25) is 0 Å². The number of nitrogens with zero attached hydrogens (tertiary/aromatic N) is 2. The minimum atomic E-state index is -0.856. The highest BCUT2D eigenvalue weighted by molar-refractivity contribution is 8.00. The molecule has 0 saturated carbocycles. The van der Waals surface area contributed by atoms with Crippen molar-refractivity contribution in [1.29, 1.82) is 0 Å². The molecule has 4 saturated heterocycles. The summed E-state index contributed by atoms with van der Waals surface area (Å²) in [6.45, 7) is 0. The molecule has 0 aromatic heterocycles. The van der Waals surface area contributed by atoms with Gasteiger partial charge in [-0.05, 0) is 112 Å². The maximum atomic E-state index is 14.3. The van der Waals surface area contributed by atoms with Gasteiger partial charge in [-0.25, -0.2) is 14.0 Å². The van der Waals surface area contributed by atoms with E-state index in [2.05, 4.69) is 10.6 Å². The second kappa shape index (κ2) is 20.0. The van der Waals surface area contributed by atoms with Gasteiger partial charge in [0.1, 0.15) is 30.0 Å². The molecule has 15 heteroatoms. The average Bonchev–Trinajstić information content (AvgIpc) is 3.49. The molecule has 4 heterocycles. The minimum Gasteiger partial charge on any atom is -0.467 e. The molecule has 4 aliphatic rings. The summed E-state index contributed by atoms with van der Waals surface area (Å²) < 4.78 is 24.0. The fourth-order valence-electron chi connectivity index (χ4n) is 8.54. The molecular weight excluding hydrogens is 772 g/mol. The lowest BCUT2D eigenvalue weighted by Gasteiger charge is -2.40. The zero-order valence-corrected chi connectivity index (χ0v) is 34.2. The maximum Gasteiger partial charge on any atom is 0.328 e. The van der Waals surface area contributed by atoms with Gasteiger partial charge in [0.05, 0.1) is 25.0 Å². The molecular formula is C42H53FN4O8S2. The summed E-state index contributed by atoms with van der Waals surface area (Å²) >= 11 is 3.22. The van der Waals surface area contributed by atoms with E-state index in [0.29, 0.717) is 43.6 Å². The van der Waals surface area contributed by atoms with Crippen LogP contribution in [0.1, 0.15) is 75.3 Å². The molecule has 308 valence electrons. The van der Waals surface area contributed by atoms with Crippen LogP contribution in [0.15, 0.2) is 54.6 Å². The number of thioether (sulfide) groups is 2. The van der Waals surface area contributed by atoms with Crippen molar-refractivity contribution >= 4 is 59.1 Å². The first-order chi connectivity index (χ1) is 27.6. The number of benzene rings is 2. The summed E-state index contributed by atoms with van der Waals surface area (Å²) in [4.78, 5) is 85.4. The van der Waals surface area contributed by atoms with Crippen molar-refractivity contribution in [3.05, 3.63) is 71.5 Å². The molecule has 0 radical (unpaired) electrons. The summed E-state index contributed by atoms with van der Waals surface area (Å²) in [6, 6.07) is 12.4. The van der Waals surface area contributed by atoms with Crippen molar-refractivity contribution in [3.8, 4) is 0 Å². The Balaban J connectivity index is 1.21. The van der Waals surface area contributed by atoms with Crippen LogP contribution < -0.4 is 10.6 Å². The Kier molecular flexibility index (Phi) is 14.9. The highest BCUT2D eigenvalue weighted by Gasteiger charge is 2.45. The first-order valence-electron chi connectivity index (χ1n) is 20.0. The molecule has 4 fully saturated rings. The molecule has 2 aromatic rings. The van der Waals surface area contributed by atoms with Crippen LogP contribution in [0.3, 0.4) is 0 Å². The van der Waals surface area contributed by atoms with Crippen molar-refractivity contribution in [2.45, 2.75) is 112 Å². The van der Waals surface area contributed by atoms with Gasteiger partial charge in [0, 0.05) is 11.8 Å². The summed E-state index contributed by atoms with van der Waals surface area (Å²) in [7, 11) is 2.63. The Morgan fingerprint density at radius 3 is 1.54 bits per heavy atom. The Hall–Kier alpha value is -4.11. The number of rotatable bonds is 13. The number of esters is 2. The predicted molar refractivity (Wildman–Crippen MR) is 215 cm³/mol. The van der Waals surface area contributed by atoms with Crippen LogP contribution >= 0.6 is 23.5 Å². The van der Waals surface area contributed by atoms with Gasteiger partial charge in [0.2, 0.25) is 23.6 Å². The lowest BCUT2D eigenvalue weighted by molar-refractivity contribution is -0.156. The number of methoxy groups -OCH3 is 2. The van der Waals surface area contributed by atoms with E-state index in [1.807, 2.05) is 30.3 Å². The van der Waals surface area contributed by atoms with Gasteiger partial charge in [0.15, 0.2) is 0 Å². The predicted octanol–water partition coefficient (Wildman–Crippen LogP) is 4.63. The number of hydrogen-bond donors (Lipinski definition) is 2. The summed E-state index contributed by atoms with van der Waals surface area (Å²) in [5.74, 6) is -2.71. The van der Waals surface area contributed by atoms with E-state index in [-0.39, 0.29) is 53.6 Å². The standard InChI is InChI=1S/C42H53FN4O8S2/c1-54-41(52)33-10-6-12-35-46(33)39(50)31(20-22-56-35)44-37(48)28(24-26-8-4-3-5-9-26)16-17-29(25-27-14-18-30(43)19-15-27)38(49)45-32-21-23-57-36-13-7-11-34(42(53)55-2)47(36)40(32)51/h3-5,8-9,14-15,18-19,28-29,31-36H,6-7,10-13,16-17,20-25H2,1-2H3,(H,44,48)(H,45,49)/t28-,29-,31+,32+,33+,34+,35+,36+/m1/s1. The van der Waals surface area contributed by atoms with E-state index in [4.69, 9.17) is 9.47 Å². The van der Waals surface area contributed by atoms with Gasteiger partial charge < -0.3 is 29.9 Å². The molecule has 0 bridgehead atoms. The fraction of sp³-hybridized carbons (Fsp3) is 0.571. The van der Waals surface area contributed by atoms with E-state index >= 15 is 0 Å².